The third-order valence-electron chi connectivity index (χ3n) is 3.26. The van der Waals surface area contributed by atoms with Gasteiger partial charge in [-0.1, -0.05) is 36.4 Å². The average molecular weight is 279 g/mol. The van der Waals surface area contributed by atoms with Crippen LogP contribution >= 0.6 is 0 Å². The molecule has 0 radical (unpaired) electrons. The maximum Gasteiger partial charge on any atom is 0.145 e. The van der Waals surface area contributed by atoms with E-state index in [1.165, 1.54) is 11.1 Å². The number of hydrogen-bond acceptors (Lipinski definition) is 4. The van der Waals surface area contributed by atoms with Crippen molar-refractivity contribution in [2.75, 3.05) is 12.4 Å². The van der Waals surface area contributed by atoms with Crippen LogP contribution in [0.15, 0.2) is 54.7 Å². The van der Waals surface area contributed by atoms with Crippen molar-refractivity contribution in [3.63, 3.8) is 0 Å². The molecule has 0 saturated heterocycles. The van der Waals surface area contributed by atoms with Crippen molar-refractivity contribution in [2.45, 2.75) is 13.2 Å². The van der Waals surface area contributed by atoms with Gasteiger partial charge in [-0.3, -0.25) is 4.98 Å². The predicted molar refractivity (Wildman–Crippen MR) is 84.0 cm³/mol. The van der Waals surface area contributed by atoms with Crippen LogP contribution in [0.4, 0.5) is 5.82 Å². The Hall–Kier alpha value is -2.46. The molecule has 0 aliphatic carbocycles. The number of anilines is 1. The highest BCUT2D eigenvalue weighted by Crippen LogP contribution is 2.12. The molecule has 0 atom stereocenters. The number of benzene rings is 2. The van der Waals surface area contributed by atoms with E-state index in [4.69, 9.17) is 4.74 Å². The molecule has 3 rings (SSSR count). The molecule has 1 N–H and O–H groups in total. The van der Waals surface area contributed by atoms with Gasteiger partial charge in [-0.25, -0.2) is 4.98 Å². The summed E-state index contributed by atoms with van der Waals surface area (Å²) in [5, 5.41) is 3.30. The lowest BCUT2D eigenvalue weighted by Crippen LogP contribution is -2.02. The van der Waals surface area contributed by atoms with Crippen molar-refractivity contribution >= 4 is 16.9 Å². The van der Waals surface area contributed by atoms with Gasteiger partial charge in [0.2, 0.25) is 0 Å². The van der Waals surface area contributed by atoms with Crippen LogP contribution in [0.5, 0.6) is 0 Å². The fraction of sp³-hybridized carbons (Fsp3) is 0.176. The molecule has 0 fully saturated rings. The summed E-state index contributed by atoms with van der Waals surface area (Å²) < 4.78 is 5.10. The number of aromatic nitrogens is 2. The molecule has 106 valence electrons. The van der Waals surface area contributed by atoms with Crippen molar-refractivity contribution in [1.29, 1.82) is 0 Å². The fourth-order valence-electron chi connectivity index (χ4n) is 2.15. The second-order valence-electron chi connectivity index (χ2n) is 4.85. The third kappa shape index (κ3) is 3.35. The first kappa shape index (κ1) is 13.5. The predicted octanol–water partition coefficient (Wildman–Crippen LogP) is 3.39. The van der Waals surface area contributed by atoms with Crippen LogP contribution in [-0.4, -0.2) is 17.1 Å². The molecule has 3 aromatic rings. The van der Waals surface area contributed by atoms with Crippen molar-refractivity contribution in [3.8, 4) is 0 Å². The van der Waals surface area contributed by atoms with Crippen LogP contribution < -0.4 is 5.32 Å². The summed E-state index contributed by atoms with van der Waals surface area (Å²) in [6.07, 6.45) is 1.77. The van der Waals surface area contributed by atoms with Gasteiger partial charge in [-0.15, -0.1) is 0 Å². The maximum absolute atomic E-state index is 5.10. The SMILES string of the molecule is COCc1ccc(CNc2cnc3ccccc3n2)cc1. The first-order chi connectivity index (χ1) is 10.3. The standard InChI is InChI=1S/C17H17N3O/c1-21-12-14-8-6-13(7-9-14)10-19-17-11-18-15-4-2-3-5-16(15)20-17/h2-9,11H,10,12H2,1H3,(H,19,20). The quantitative estimate of drug-likeness (QED) is 0.777. The zero-order valence-electron chi connectivity index (χ0n) is 11.9. The first-order valence-electron chi connectivity index (χ1n) is 6.87. The summed E-state index contributed by atoms with van der Waals surface area (Å²) in [7, 11) is 1.70. The number of nitrogens with zero attached hydrogens (tertiary/aromatic N) is 2. The lowest BCUT2D eigenvalue weighted by atomic mass is 10.1. The number of fused-ring (bicyclic) bond motifs is 1. The van der Waals surface area contributed by atoms with E-state index in [0.29, 0.717) is 6.61 Å². The zero-order valence-corrected chi connectivity index (χ0v) is 11.9. The summed E-state index contributed by atoms with van der Waals surface area (Å²) in [6, 6.07) is 16.2. The lowest BCUT2D eigenvalue weighted by Gasteiger charge is -2.07. The molecule has 2 aromatic carbocycles. The van der Waals surface area contributed by atoms with Gasteiger partial charge in [0, 0.05) is 13.7 Å². The van der Waals surface area contributed by atoms with E-state index in [1.807, 2.05) is 24.3 Å². The van der Waals surface area contributed by atoms with Gasteiger partial charge in [-0.2, -0.15) is 0 Å². The number of methoxy groups -OCH3 is 1. The normalized spacial score (nSPS) is 10.7. The minimum absolute atomic E-state index is 0.643. The number of para-hydroxylation sites is 2. The number of rotatable bonds is 5. The zero-order chi connectivity index (χ0) is 14.5. The topological polar surface area (TPSA) is 47.0 Å². The smallest absolute Gasteiger partial charge is 0.145 e. The Balaban J connectivity index is 1.68. The molecule has 0 aliphatic rings. The Bertz CT molecular complexity index is 725. The van der Waals surface area contributed by atoms with Crippen molar-refractivity contribution < 1.29 is 4.74 Å². The van der Waals surface area contributed by atoms with Crippen molar-refractivity contribution in [2.24, 2.45) is 0 Å². The Kier molecular flexibility index (Phi) is 4.07. The minimum Gasteiger partial charge on any atom is -0.380 e. The summed E-state index contributed by atoms with van der Waals surface area (Å²) in [5.41, 5.74) is 4.18. The molecule has 4 nitrogen and oxygen atoms in total. The third-order valence-corrected chi connectivity index (χ3v) is 3.26. The van der Waals surface area contributed by atoms with Gasteiger partial charge in [0.05, 0.1) is 23.8 Å². The van der Waals surface area contributed by atoms with Gasteiger partial charge >= 0.3 is 0 Å². The molecule has 4 heteroatoms. The fourth-order valence-corrected chi connectivity index (χ4v) is 2.15. The van der Waals surface area contributed by atoms with E-state index < -0.39 is 0 Å². The summed E-state index contributed by atoms with van der Waals surface area (Å²) in [6.45, 7) is 1.37. The number of ether oxygens (including phenoxy) is 1. The summed E-state index contributed by atoms with van der Waals surface area (Å²) in [5.74, 6) is 0.787. The lowest BCUT2D eigenvalue weighted by molar-refractivity contribution is 0.185. The second-order valence-corrected chi connectivity index (χ2v) is 4.85. The maximum atomic E-state index is 5.10. The summed E-state index contributed by atoms with van der Waals surface area (Å²) >= 11 is 0. The van der Waals surface area contributed by atoms with Crippen LogP contribution in [0.1, 0.15) is 11.1 Å². The highest BCUT2D eigenvalue weighted by atomic mass is 16.5. The average Bonchev–Trinajstić information content (AvgIpc) is 2.54. The largest absolute Gasteiger partial charge is 0.380 e. The van der Waals surface area contributed by atoms with E-state index in [-0.39, 0.29) is 0 Å². The van der Waals surface area contributed by atoms with Crippen molar-refractivity contribution in [3.05, 3.63) is 65.9 Å². The molecule has 0 unspecified atom stereocenters. The summed E-state index contributed by atoms with van der Waals surface area (Å²) in [4.78, 5) is 8.93. The van der Waals surface area contributed by atoms with Gasteiger partial charge in [0.1, 0.15) is 5.82 Å². The van der Waals surface area contributed by atoms with Crippen LogP contribution in [0, 0.1) is 0 Å². The van der Waals surface area contributed by atoms with E-state index in [0.717, 1.165) is 23.4 Å². The molecular formula is C17H17N3O. The molecule has 0 bridgehead atoms. The second kappa shape index (κ2) is 6.33. The molecule has 21 heavy (non-hydrogen) atoms. The Labute approximate surface area is 123 Å². The van der Waals surface area contributed by atoms with Gasteiger partial charge in [0.15, 0.2) is 0 Å². The van der Waals surface area contributed by atoms with Crippen molar-refractivity contribution in [1.82, 2.24) is 9.97 Å². The molecule has 0 saturated carbocycles. The monoisotopic (exact) mass is 279 g/mol. The molecule has 1 aromatic heterocycles. The molecule has 0 spiro atoms. The number of hydrogen-bond donors (Lipinski definition) is 1. The van der Waals surface area contributed by atoms with E-state index >= 15 is 0 Å². The van der Waals surface area contributed by atoms with Gasteiger partial charge in [-0.05, 0) is 23.3 Å². The van der Waals surface area contributed by atoms with Crippen LogP contribution in [0.2, 0.25) is 0 Å². The van der Waals surface area contributed by atoms with Crippen LogP contribution in [-0.2, 0) is 17.9 Å². The van der Waals surface area contributed by atoms with E-state index in [1.54, 1.807) is 13.3 Å². The Morgan fingerprint density at radius 1 is 0.952 bits per heavy atom. The molecular weight excluding hydrogens is 262 g/mol. The Morgan fingerprint density at radius 3 is 2.43 bits per heavy atom. The highest BCUT2D eigenvalue weighted by Gasteiger charge is 1.99. The molecule has 1 heterocycles. The number of nitrogens with one attached hydrogen (secondary N) is 1. The molecule has 0 aliphatic heterocycles. The Morgan fingerprint density at radius 2 is 1.67 bits per heavy atom. The van der Waals surface area contributed by atoms with E-state index in [2.05, 4.69) is 39.6 Å². The first-order valence-corrected chi connectivity index (χ1v) is 6.87. The minimum atomic E-state index is 0.643. The van der Waals surface area contributed by atoms with Gasteiger partial charge < -0.3 is 10.1 Å². The van der Waals surface area contributed by atoms with Crippen LogP contribution in [0.3, 0.4) is 0 Å². The molecule has 0 amide bonds. The van der Waals surface area contributed by atoms with Crippen LogP contribution in [0.25, 0.3) is 11.0 Å². The highest BCUT2D eigenvalue weighted by molar-refractivity contribution is 5.75. The van der Waals surface area contributed by atoms with E-state index in [9.17, 15) is 0 Å². The van der Waals surface area contributed by atoms with Gasteiger partial charge in [0.25, 0.3) is 0 Å².